The number of carbonyl (C=O) groups excluding carboxylic acids is 3. The summed E-state index contributed by atoms with van der Waals surface area (Å²) in [6.07, 6.45) is 0. The Kier molecular flexibility index (Phi) is 4.87. The smallest absolute Gasteiger partial charge is 0.340 e. The van der Waals surface area contributed by atoms with Crippen LogP contribution in [-0.4, -0.2) is 17.9 Å². The number of fused-ring (bicyclic) bond motifs is 6. The van der Waals surface area contributed by atoms with Crippen molar-refractivity contribution < 1.29 is 33.3 Å². The van der Waals surface area contributed by atoms with Crippen LogP contribution >= 0.6 is 11.6 Å². The highest BCUT2D eigenvalue weighted by Crippen LogP contribution is 2.57. The van der Waals surface area contributed by atoms with E-state index in [4.69, 9.17) is 30.5 Å². The summed E-state index contributed by atoms with van der Waals surface area (Å²) in [4.78, 5) is 36.0. The van der Waals surface area contributed by atoms with Gasteiger partial charge in [-0.05, 0) is 29.8 Å². The SMILES string of the molecule is CC(=O)Oc1ccc2c(c1)Oc1cc(OC(C)=O)ccc1C21OC(=O)c2c(CCl)cccc21. The van der Waals surface area contributed by atoms with Gasteiger partial charge in [0.1, 0.15) is 23.0 Å². The summed E-state index contributed by atoms with van der Waals surface area (Å²) in [5.41, 5.74) is 1.48. The fraction of sp³-hybridized carbons (Fsp3) is 0.160. The number of rotatable bonds is 3. The summed E-state index contributed by atoms with van der Waals surface area (Å²) in [5, 5.41) is 0. The van der Waals surface area contributed by atoms with Gasteiger partial charge in [-0.25, -0.2) is 4.79 Å². The van der Waals surface area contributed by atoms with Crippen LogP contribution in [-0.2, 0) is 25.8 Å². The minimum Gasteiger partial charge on any atom is -0.456 e. The Bertz CT molecular complexity index is 1280. The van der Waals surface area contributed by atoms with Crippen LogP contribution in [0.15, 0.2) is 54.6 Å². The van der Waals surface area contributed by atoms with E-state index in [0.29, 0.717) is 39.3 Å². The topological polar surface area (TPSA) is 88.1 Å². The molecule has 0 saturated heterocycles. The highest BCUT2D eigenvalue weighted by atomic mass is 35.5. The molecule has 33 heavy (non-hydrogen) atoms. The quantitative estimate of drug-likeness (QED) is 0.311. The Morgan fingerprint density at radius 1 is 0.879 bits per heavy atom. The van der Waals surface area contributed by atoms with Crippen LogP contribution in [0.1, 0.15) is 46.5 Å². The number of ether oxygens (including phenoxy) is 4. The summed E-state index contributed by atoms with van der Waals surface area (Å²) in [7, 11) is 0. The molecule has 166 valence electrons. The molecule has 0 saturated carbocycles. The van der Waals surface area contributed by atoms with E-state index in [9.17, 15) is 14.4 Å². The van der Waals surface area contributed by atoms with E-state index in [-0.39, 0.29) is 17.4 Å². The molecule has 0 amide bonds. The second kappa shape index (κ2) is 7.64. The maximum Gasteiger partial charge on any atom is 0.340 e. The Morgan fingerprint density at radius 3 is 1.97 bits per heavy atom. The van der Waals surface area contributed by atoms with Crippen LogP contribution in [0.25, 0.3) is 0 Å². The number of benzene rings is 3. The lowest BCUT2D eigenvalue weighted by atomic mass is 9.77. The van der Waals surface area contributed by atoms with Gasteiger partial charge in [0.05, 0.1) is 5.56 Å². The normalized spacial score (nSPS) is 14.5. The van der Waals surface area contributed by atoms with Crippen molar-refractivity contribution in [2.45, 2.75) is 25.3 Å². The van der Waals surface area contributed by atoms with Gasteiger partial charge in [0.2, 0.25) is 0 Å². The minimum atomic E-state index is -1.32. The number of hydrogen-bond acceptors (Lipinski definition) is 7. The molecule has 7 nitrogen and oxygen atoms in total. The van der Waals surface area contributed by atoms with Gasteiger partial charge >= 0.3 is 17.9 Å². The van der Waals surface area contributed by atoms with E-state index in [1.807, 2.05) is 12.1 Å². The van der Waals surface area contributed by atoms with Crippen molar-refractivity contribution in [1.82, 2.24) is 0 Å². The number of halogens is 1. The molecule has 0 aromatic heterocycles. The van der Waals surface area contributed by atoms with Gasteiger partial charge < -0.3 is 18.9 Å². The summed E-state index contributed by atoms with van der Waals surface area (Å²) in [6.45, 7) is 2.59. The van der Waals surface area contributed by atoms with Gasteiger partial charge in [-0.15, -0.1) is 11.6 Å². The molecule has 0 fully saturated rings. The summed E-state index contributed by atoms with van der Waals surface area (Å²) in [6, 6.07) is 15.1. The molecule has 5 rings (SSSR count). The third-order valence-corrected chi connectivity index (χ3v) is 5.82. The average molecular weight is 465 g/mol. The molecule has 0 N–H and O–H groups in total. The fourth-order valence-electron chi connectivity index (χ4n) is 4.37. The first-order valence-corrected chi connectivity index (χ1v) is 10.6. The molecule has 2 aliphatic rings. The molecule has 0 aliphatic carbocycles. The minimum absolute atomic E-state index is 0.140. The zero-order chi connectivity index (χ0) is 23.3. The van der Waals surface area contributed by atoms with Crippen molar-refractivity contribution in [3.8, 4) is 23.0 Å². The molecule has 0 radical (unpaired) electrons. The van der Waals surface area contributed by atoms with Crippen LogP contribution in [0, 0.1) is 0 Å². The Morgan fingerprint density at radius 2 is 1.45 bits per heavy atom. The van der Waals surface area contributed by atoms with Crippen molar-refractivity contribution in [2.24, 2.45) is 0 Å². The van der Waals surface area contributed by atoms with E-state index in [2.05, 4.69) is 0 Å². The van der Waals surface area contributed by atoms with E-state index in [1.165, 1.54) is 13.8 Å². The van der Waals surface area contributed by atoms with Gasteiger partial charge in [0.15, 0.2) is 5.60 Å². The van der Waals surface area contributed by atoms with Crippen LogP contribution in [0.2, 0.25) is 0 Å². The molecule has 3 aromatic rings. The van der Waals surface area contributed by atoms with E-state index >= 15 is 0 Å². The van der Waals surface area contributed by atoms with E-state index in [1.54, 1.807) is 42.5 Å². The highest BCUT2D eigenvalue weighted by molar-refractivity contribution is 6.18. The molecule has 0 bridgehead atoms. The van der Waals surface area contributed by atoms with Crippen molar-refractivity contribution >= 4 is 29.5 Å². The van der Waals surface area contributed by atoms with Crippen LogP contribution < -0.4 is 14.2 Å². The highest BCUT2D eigenvalue weighted by Gasteiger charge is 2.54. The third-order valence-electron chi connectivity index (χ3n) is 5.53. The lowest BCUT2D eigenvalue weighted by Crippen LogP contribution is -2.33. The van der Waals surface area contributed by atoms with Crippen LogP contribution in [0.5, 0.6) is 23.0 Å². The molecular weight excluding hydrogens is 448 g/mol. The van der Waals surface area contributed by atoms with Crippen LogP contribution in [0.3, 0.4) is 0 Å². The summed E-state index contributed by atoms with van der Waals surface area (Å²) < 4.78 is 22.6. The largest absolute Gasteiger partial charge is 0.456 e. The van der Waals surface area contributed by atoms with Gasteiger partial charge in [0, 0.05) is 48.6 Å². The monoisotopic (exact) mass is 464 g/mol. The average Bonchev–Trinajstić information content (AvgIpc) is 3.06. The lowest BCUT2D eigenvalue weighted by molar-refractivity contribution is -0.132. The van der Waals surface area contributed by atoms with Gasteiger partial charge in [-0.1, -0.05) is 18.2 Å². The predicted octanol–water partition coefficient (Wildman–Crippen LogP) is 4.84. The molecule has 0 unspecified atom stereocenters. The van der Waals surface area contributed by atoms with Crippen molar-refractivity contribution in [1.29, 1.82) is 0 Å². The van der Waals surface area contributed by atoms with Gasteiger partial charge in [-0.2, -0.15) is 0 Å². The van der Waals surface area contributed by atoms with Crippen molar-refractivity contribution in [3.63, 3.8) is 0 Å². The first kappa shape index (κ1) is 21.0. The Hall–Kier alpha value is -3.84. The molecule has 0 atom stereocenters. The van der Waals surface area contributed by atoms with E-state index < -0.39 is 23.5 Å². The summed E-state index contributed by atoms with van der Waals surface area (Å²) >= 11 is 6.11. The first-order valence-electron chi connectivity index (χ1n) is 10.1. The summed E-state index contributed by atoms with van der Waals surface area (Å²) in [5.74, 6) is -0.124. The Labute approximate surface area is 193 Å². The molecule has 2 heterocycles. The lowest BCUT2D eigenvalue weighted by Gasteiger charge is -2.36. The number of carbonyl (C=O) groups is 3. The van der Waals surface area contributed by atoms with Gasteiger partial charge in [-0.3, -0.25) is 9.59 Å². The van der Waals surface area contributed by atoms with Crippen molar-refractivity contribution in [2.75, 3.05) is 0 Å². The zero-order valence-corrected chi connectivity index (χ0v) is 18.4. The first-order chi connectivity index (χ1) is 15.8. The standard InChI is InChI=1S/C25H17ClO7/c1-13(27)30-16-6-8-18-21(10-16)32-22-11-17(31-14(2)28)7-9-19(22)25(18)20-5-3-4-15(12-26)23(20)24(29)33-25/h3-11H,12H2,1-2H3. The number of hydrogen-bond donors (Lipinski definition) is 0. The Balaban J connectivity index is 1.79. The molecule has 1 spiro atoms. The fourth-order valence-corrected chi connectivity index (χ4v) is 4.59. The molecular formula is C25H17ClO7. The predicted molar refractivity (Wildman–Crippen MR) is 117 cm³/mol. The maximum atomic E-state index is 13.1. The third kappa shape index (κ3) is 3.24. The second-order valence-electron chi connectivity index (χ2n) is 7.65. The molecule has 8 heteroatoms. The van der Waals surface area contributed by atoms with E-state index in [0.717, 1.165) is 0 Å². The number of esters is 3. The second-order valence-corrected chi connectivity index (χ2v) is 7.92. The molecule has 3 aromatic carbocycles. The van der Waals surface area contributed by atoms with Crippen molar-refractivity contribution in [3.05, 3.63) is 82.4 Å². The molecule has 2 aliphatic heterocycles. The number of alkyl halides is 1. The maximum absolute atomic E-state index is 13.1. The zero-order valence-electron chi connectivity index (χ0n) is 17.6. The van der Waals surface area contributed by atoms with Crippen LogP contribution in [0.4, 0.5) is 0 Å². The van der Waals surface area contributed by atoms with Gasteiger partial charge in [0.25, 0.3) is 0 Å².